The second kappa shape index (κ2) is 6.48. The summed E-state index contributed by atoms with van der Waals surface area (Å²) in [6.07, 6.45) is -0.738. The zero-order valence-corrected chi connectivity index (χ0v) is 13.9. The van der Waals surface area contributed by atoms with Gasteiger partial charge in [-0.3, -0.25) is 4.79 Å². The van der Waals surface area contributed by atoms with Gasteiger partial charge >= 0.3 is 0 Å². The van der Waals surface area contributed by atoms with E-state index in [0.29, 0.717) is 4.88 Å². The fourth-order valence-electron chi connectivity index (χ4n) is 2.54. The first kappa shape index (κ1) is 15.6. The zero-order valence-electron chi connectivity index (χ0n) is 13.0. The van der Waals surface area contributed by atoms with Crippen molar-refractivity contribution < 1.29 is 9.90 Å². The summed E-state index contributed by atoms with van der Waals surface area (Å²) < 4.78 is 0. The van der Waals surface area contributed by atoms with Crippen LogP contribution in [0.4, 0.5) is 0 Å². The van der Waals surface area contributed by atoms with Crippen LogP contribution in [0.1, 0.15) is 32.0 Å². The molecule has 4 nitrogen and oxygen atoms in total. The van der Waals surface area contributed by atoms with E-state index >= 15 is 0 Å². The molecule has 2 N–H and O–H groups in total. The number of aliphatic hydroxyl groups excluding tert-OH is 1. The molecular formula is C18H18N2O2S. The number of carbonyl (C=O) groups excluding carboxylic acids is 1. The molecule has 0 bridgehead atoms. The fourth-order valence-corrected chi connectivity index (χ4v) is 3.38. The number of hydrogen-bond donors (Lipinski definition) is 2. The fraction of sp³-hybridized carbons (Fsp3) is 0.222. The van der Waals surface area contributed by atoms with Gasteiger partial charge in [0, 0.05) is 6.54 Å². The SMILES string of the molecule is Cc1nc(C)c(C(=O)NCC(O)c2ccc3ccccc3c2)s1. The van der Waals surface area contributed by atoms with Crippen LogP contribution in [0.2, 0.25) is 0 Å². The second-order valence-electron chi connectivity index (χ2n) is 5.48. The third-order valence-corrected chi connectivity index (χ3v) is 4.80. The highest BCUT2D eigenvalue weighted by atomic mass is 32.1. The molecule has 0 radical (unpaired) electrons. The Bertz CT molecular complexity index is 857. The van der Waals surface area contributed by atoms with E-state index in [9.17, 15) is 9.90 Å². The van der Waals surface area contributed by atoms with E-state index in [4.69, 9.17) is 0 Å². The van der Waals surface area contributed by atoms with Crippen LogP contribution in [-0.2, 0) is 0 Å². The standard InChI is InChI=1S/C18H18N2O2S/c1-11-17(23-12(2)20-11)18(22)19-10-16(21)15-8-7-13-5-3-4-6-14(13)9-15/h3-9,16,21H,10H2,1-2H3,(H,19,22). The Balaban J connectivity index is 1.69. The molecule has 1 aromatic heterocycles. The summed E-state index contributed by atoms with van der Waals surface area (Å²) in [5.74, 6) is -0.187. The third kappa shape index (κ3) is 3.41. The van der Waals surface area contributed by atoms with Gasteiger partial charge in [-0.2, -0.15) is 0 Å². The molecule has 0 spiro atoms. The number of hydrogen-bond acceptors (Lipinski definition) is 4. The topological polar surface area (TPSA) is 62.2 Å². The van der Waals surface area contributed by atoms with E-state index in [1.54, 1.807) is 0 Å². The van der Waals surface area contributed by atoms with Gasteiger partial charge in [0.25, 0.3) is 5.91 Å². The number of thiazole rings is 1. The molecule has 1 heterocycles. The predicted molar refractivity (Wildman–Crippen MR) is 92.8 cm³/mol. The summed E-state index contributed by atoms with van der Waals surface area (Å²) in [5.41, 5.74) is 1.52. The predicted octanol–water partition coefficient (Wildman–Crippen LogP) is 3.38. The lowest BCUT2D eigenvalue weighted by atomic mass is 10.0. The number of aromatic nitrogens is 1. The number of aliphatic hydroxyl groups is 1. The summed E-state index contributed by atoms with van der Waals surface area (Å²) in [7, 11) is 0. The van der Waals surface area contributed by atoms with Gasteiger partial charge in [0.1, 0.15) is 4.88 Å². The quantitative estimate of drug-likeness (QED) is 0.772. The van der Waals surface area contributed by atoms with Crippen molar-refractivity contribution in [3.05, 3.63) is 63.6 Å². The van der Waals surface area contributed by atoms with Crippen molar-refractivity contribution in [3.63, 3.8) is 0 Å². The van der Waals surface area contributed by atoms with E-state index in [1.807, 2.05) is 56.3 Å². The number of carbonyl (C=O) groups is 1. The number of aryl methyl sites for hydroxylation is 2. The lowest BCUT2D eigenvalue weighted by Crippen LogP contribution is -2.28. The Labute approximate surface area is 138 Å². The monoisotopic (exact) mass is 326 g/mol. The van der Waals surface area contributed by atoms with Crippen LogP contribution in [0, 0.1) is 13.8 Å². The molecule has 118 valence electrons. The minimum Gasteiger partial charge on any atom is -0.387 e. The molecule has 23 heavy (non-hydrogen) atoms. The molecular weight excluding hydrogens is 308 g/mol. The first-order chi connectivity index (χ1) is 11.0. The Hall–Kier alpha value is -2.24. The summed E-state index contributed by atoms with van der Waals surface area (Å²) in [6, 6.07) is 13.8. The average Bonchev–Trinajstić information content (AvgIpc) is 2.90. The van der Waals surface area contributed by atoms with Crippen molar-refractivity contribution in [1.29, 1.82) is 0 Å². The maximum absolute atomic E-state index is 12.2. The largest absolute Gasteiger partial charge is 0.387 e. The van der Waals surface area contributed by atoms with Crippen molar-refractivity contribution in [1.82, 2.24) is 10.3 Å². The second-order valence-corrected chi connectivity index (χ2v) is 6.68. The lowest BCUT2D eigenvalue weighted by Gasteiger charge is -2.13. The van der Waals surface area contributed by atoms with Crippen LogP contribution in [0.3, 0.4) is 0 Å². The van der Waals surface area contributed by atoms with Crippen LogP contribution >= 0.6 is 11.3 Å². The van der Waals surface area contributed by atoms with E-state index in [-0.39, 0.29) is 12.5 Å². The van der Waals surface area contributed by atoms with Crippen LogP contribution in [0.5, 0.6) is 0 Å². The van der Waals surface area contributed by atoms with Crippen molar-refractivity contribution in [2.45, 2.75) is 20.0 Å². The van der Waals surface area contributed by atoms with Crippen LogP contribution < -0.4 is 5.32 Å². The van der Waals surface area contributed by atoms with Crippen molar-refractivity contribution in [2.75, 3.05) is 6.54 Å². The minimum absolute atomic E-state index is 0.174. The molecule has 0 aliphatic rings. The van der Waals surface area contributed by atoms with E-state index < -0.39 is 6.10 Å². The molecule has 0 fully saturated rings. The molecule has 1 unspecified atom stereocenters. The van der Waals surface area contributed by atoms with Crippen LogP contribution in [0.25, 0.3) is 10.8 Å². The molecule has 0 aliphatic heterocycles. The number of rotatable bonds is 4. The molecule has 1 atom stereocenters. The number of nitrogens with zero attached hydrogens (tertiary/aromatic N) is 1. The highest BCUT2D eigenvalue weighted by molar-refractivity contribution is 7.13. The summed E-state index contributed by atoms with van der Waals surface area (Å²) >= 11 is 1.37. The summed E-state index contributed by atoms with van der Waals surface area (Å²) in [5, 5.41) is 16.2. The van der Waals surface area contributed by atoms with Gasteiger partial charge in [0.05, 0.1) is 16.8 Å². The van der Waals surface area contributed by atoms with Crippen molar-refractivity contribution in [3.8, 4) is 0 Å². The van der Waals surface area contributed by atoms with Gasteiger partial charge in [-0.25, -0.2) is 4.98 Å². The van der Waals surface area contributed by atoms with Crippen molar-refractivity contribution in [2.24, 2.45) is 0 Å². The summed E-state index contributed by atoms with van der Waals surface area (Å²) in [4.78, 5) is 17.0. The highest BCUT2D eigenvalue weighted by Gasteiger charge is 2.15. The van der Waals surface area contributed by atoms with E-state index in [2.05, 4.69) is 10.3 Å². The van der Waals surface area contributed by atoms with E-state index in [1.165, 1.54) is 11.3 Å². The lowest BCUT2D eigenvalue weighted by molar-refractivity contribution is 0.0919. The minimum atomic E-state index is -0.738. The number of amides is 1. The molecule has 0 aliphatic carbocycles. The maximum Gasteiger partial charge on any atom is 0.263 e. The maximum atomic E-state index is 12.2. The molecule has 0 saturated carbocycles. The van der Waals surface area contributed by atoms with Crippen molar-refractivity contribution >= 4 is 28.0 Å². The highest BCUT2D eigenvalue weighted by Crippen LogP contribution is 2.21. The van der Waals surface area contributed by atoms with Crippen LogP contribution in [-0.4, -0.2) is 22.5 Å². The smallest absolute Gasteiger partial charge is 0.263 e. The number of fused-ring (bicyclic) bond motifs is 1. The molecule has 1 amide bonds. The molecule has 3 rings (SSSR count). The molecule has 2 aromatic carbocycles. The zero-order chi connectivity index (χ0) is 16.4. The Morgan fingerprint density at radius 2 is 1.96 bits per heavy atom. The number of nitrogens with one attached hydrogen (secondary N) is 1. The molecule has 5 heteroatoms. The van der Waals surface area contributed by atoms with Gasteiger partial charge in [0.15, 0.2) is 0 Å². The van der Waals surface area contributed by atoms with Gasteiger partial charge in [-0.15, -0.1) is 11.3 Å². The van der Waals surface area contributed by atoms with Crippen LogP contribution in [0.15, 0.2) is 42.5 Å². The van der Waals surface area contributed by atoms with Gasteiger partial charge < -0.3 is 10.4 Å². The first-order valence-corrected chi connectivity index (χ1v) is 8.25. The molecule has 3 aromatic rings. The summed E-state index contributed by atoms with van der Waals surface area (Å²) in [6.45, 7) is 3.87. The Morgan fingerprint density at radius 3 is 2.65 bits per heavy atom. The normalized spacial score (nSPS) is 12.3. The average molecular weight is 326 g/mol. The third-order valence-electron chi connectivity index (χ3n) is 3.72. The van der Waals surface area contributed by atoms with Gasteiger partial charge in [0.2, 0.25) is 0 Å². The Kier molecular flexibility index (Phi) is 4.41. The molecule has 0 saturated heterocycles. The number of benzene rings is 2. The first-order valence-electron chi connectivity index (χ1n) is 7.43. The van der Waals surface area contributed by atoms with E-state index in [0.717, 1.165) is 27.0 Å². The van der Waals surface area contributed by atoms with Gasteiger partial charge in [-0.1, -0.05) is 36.4 Å². The van der Waals surface area contributed by atoms with Gasteiger partial charge in [-0.05, 0) is 36.2 Å². The Morgan fingerprint density at radius 1 is 1.22 bits per heavy atom.